The Hall–Kier alpha value is -3.16. The van der Waals surface area contributed by atoms with Crippen molar-refractivity contribution in [2.75, 3.05) is 19.0 Å². The zero-order valence-electron chi connectivity index (χ0n) is 17.1. The van der Waals surface area contributed by atoms with Crippen LogP contribution in [0.4, 0.5) is 5.69 Å². The number of nitrogens with two attached hydrogens (primary N) is 1. The van der Waals surface area contributed by atoms with Crippen molar-refractivity contribution < 1.29 is 37.6 Å². The summed E-state index contributed by atoms with van der Waals surface area (Å²) in [5, 5.41) is 2.90. The fraction of sp³-hybridized carbons (Fsp3) is 0.389. The molecule has 0 radical (unpaired) electrons. The highest BCUT2D eigenvalue weighted by Crippen LogP contribution is 2.52. The average molecular weight is 478 g/mol. The lowest BCUT2D eigenvalue weighted by molar-refractivity contribution is -0.117. The molecule has 4 aliphatic rings. The Morgan fingerprint density at radius 2 is 2.15 bits per heavy atom. The van der Waals surface area contributed by atoms with Crippen LogP contribution in [0.25, 0.3) is 0 Å². The molecule has 2 saturated heterocycles. The molecule has 33 heavy (non-hydrogen) atoms. The van der Waals surface area contributed by atoms with Crippen LogP contribution in [0.1, 0.15) is 10.4 Å². The standard InChI is InChI=1S/C18H19N6O8P/c1-20-9-5-3-2-4-8(9)17(26)31-13-12-10(6-29-33(27,28)32-12)30-16(13)24-7-21-11-14(24)22-18(19)23-15(11)25/h2-5,7,10-13,16,20H,6H2,1H3,(H,27,28)(H2,19,23,25). The van der Waals surface area contributed by atoms with Gasteiger partial charge in [0.1, 0.15) is 12.2 Å². The molecule has 4 aliphatic heterocycles. The maximum absolute atomic E-state index is 13.1. The first-order valence-electron chi connectivity index (χ1n) is 9.84. The van der Waals surface area contributed by atoms with Crippen molar-refractivity contribution >= 4 is 43.5 Å². The van der Waals surface area contributed by atoms with Crippen molar-refractivity contribution in [3.05, 3.63) is 29.8 Å². The fourth-order valence-corrected chi connectivity index (χ4v) is 4.91. The minimum atomic E-state index is -4.39. The number of fused-ring (bicyclic) bond motifs is 2. The number of hydrogen-bond donors (Lipinski definition) is 3. The predicted molar refractivity (Wildman–Crippen MR) is 113 cm³/mol. The van der Waals surface area contributed by atoms with Crippen LogP contribution in [-0.4, -0.2) is 84.0 Å². The zero-order valence-corrected chi connectivity index (χ0v) is 18.0. The Balaban J connectivity index is 1.48. The van der Waals surface area contributed by atoms with Crippen molar-refractivity contribution in [1.29, 1.82) is 0 Å². The van der Waals surface area contributed by atoms with E-state index in [0.717, 1.165) is 0 Å². The summed E-state index contributed by atoms with van der Waals surface area (Å²) in [5.74, 6) is -1.46. The number of esters is 1. The van der Waals surface area contributed by atoms with Gasteiger partial charge >= 0.3 is 13.8 Å². The maximum atomic E-state index is 13.1. The number of anilines is 1. The molecule has 6 unspecified atom stereocenters. The van der Waals surface area contributed by atoms with Crippen molar-refractivity contribution in [3.8, 4) is 0 Å². The Bertz CT molecular complexity index is 1150. The molecule has 0 aliphatic carbocycles. The van der Waals surface area contributed by atoms with Crippen LogP contribution in [-0.2, 0) is 27.9 Å². The zero-order chi connectivity index (χ0) is 23.3. The molecule has 0 spiro atoms. The molecule has 0 saturated carbocycles. The van der Waals surface area contributed by atoms with Gasteiger partial charge in [-0.3, -0.25) is 23.7 Å². The third kappa shape index (κ3) is 3.81. The molecule has 6 atom stereocenters. The molecule has 14 nitrogen and oxygen atoms in total. The summed E-state index contributed by atoms with van der Waals surface area (Å²) in [6.45, 7) is -0.278. The van der Waals surface area contributed by atoms with Gasteiger partial charge in [0.15, 0.2) is 24.2 Å². The Labute approximate surface area is 186 Å². The quantitative estimate of drug-likeness (QED) is 0.373. The second kappa shape index (κ2) is 8.01. The van der Waals surface area contributed by atoms with Gasteiger partial charge in [-0.1, -0.05) is 12.1 Å². The molecule has 4 heterocycles. The topological polar surface area (TPSA) is 187 Å². The van der Waals surface area contributed by atoms with Crippen LogP contribution in [0.15, 0.2) is 39.2 Å². The number of amides is 1. The van der Waals surface area contributed by atoms with E-state index in [4.69, 9.17) is 24.3 Å². The summed E-state index contributed by atoms with van der Waals surface area (Å²) in [6.07, 6.45) is -3.00. The lowest BCUT2D eigenvalue weighted by Crippen LogP contribution is -2.51. The summed E-state index contributed by atoms with van der Waals surface area (Å²) in [5.41, 5.74) is 6.38. The van der Waals surface area contributed by atoms with E-state index in [-0.39, 0.29) is 24.0 Å². The number of nitrogens with zero attached hydrogens (tertiary/aromatic N) is 4. The van der Waals surface area contributed by atoms with Crippen molar-refractivity contribution in [2.24, 2.45) is 20.7 Å². The van der Waals surface area contributed by atoms with Crippen LogP contribution in [0.5, 0.6) is 0 Å². The summed E-state index contributed by atoms with van der Waals surface area (Å²) in [6, 6.07) is 5.64. The van der Waals surface area contributed by atoms with Crippen LogP contribution < -0.4 is 11.1 Å². The van der Waals surface area contributed by atoms with Gasteiger partial charge in [0.05, 0.1) is 18.5 Å². The van der Waals surface area contributed by atoms with Crippen LogP contribution in [0.2, 0.25) is 0 Å². The first kappa shape index (κ1) is 21.7. The normalized spacial score (nSPS) is 34.9. The highest BCUT2D eigenvalue weighted by atomic mass is 31.2. The number of phosphoric ester groups is 1. The summed E-state index contributed by atoms with van der Waals surface area (Å²) >= 11 is 0. The number of aliphatic imine (C=N–C) groups is 3. The average Bonchev–Trinajstić information content (AvgIpc) is 3.34. The van der Waals surface area contributed by atoms with Gasteiger partial charge in [-0.25, -0.2) is 9.36 Å². The number of benzene rings is 1. The fourth-order valence-electron chi connectivity index (χ4n) is 3.95. The second-order valence-corrected chi connectivity index (χ2v) is 8.82. The van der Waals surface area contributed by atoms with Gasteiger partial charge in [-0.05, 0) is 12.1 Å². The van der Waals surface area contributed by atoms with E-state index in [2.05, 4.69) is 20.3 Å². The molecule has 4 N–H and O–H groups in total. The minimum Gasteiger partial charge on any atom is -0.451 e. The molecule has 5 rings (SSSR count). The third-order valence-electron chi connectivity index (χ3n) is 5.41. The molecular formula is C18H19N6O8P. The van der Waals surface area contributed by atoms with E-state index in [1.54, 1.807) is 31.3 Å². The maximum Gasteiger partial charge on any atom is 0.472 e. The van der Waals surface area contributed by atoms with E-state index in [0.29, 0.717) is 5.69 Å². The van der Waals surface area contributed by atoms with Crippen LogP contribution in [0.3, 0.4) is 0 Å². The van der Waals surface area contributed by atoms with Gasteiger partial charge < -0.3 is 25.4 Å². The summed E-state index contributed by atoms with van der Waals surface area (Å²) < 4.78 is 33.8. The number of para-hydroxylation sites is 1. The van der Waals surface area contributed by atoms with Crippen LogP contribution in [0, 0.1) is 0 Å². The number of nitrogens with one attached hydrogen (secondary N) is 1. The number of ether oxygens (including phenoxy) is 2. The largest absolute Gasteiger partial charge is 0.472 e. The first-order valence-corrected chi connectivity index (χ1v) is 11.3. The lowest BCUT2D eigenvalue weighted by Gasteiger charge is -2.31. The lowest BCUT2D eigenvalue weighted by atomic mass is 10.1. The predicted octanol–water partition coefficient (Wildman–Crippen LogP) is -0.540. The highest BCUT2D eigenvalue weighted by molar-refractivity contribution is 7.47. The van der Waals surface area contributed by atoms with E-state index in [1.807, 2.05) is 0 Å². The Kier molecular flexibility index (Phi) is 5.26. The van der Waals surface area contributed by atoms with E-state index in [9.17, 15) is 19.0 Å². The molecule has 0 aromatic heterocycles. The van der Waals surface area contributed by atoms with Gasteiger partial charge in [-0.15, -0.1) is 0 Å². The Morgan fingerprint density at radius 1 is 1.36 bits per heavy atom. The number of carbonyl (C=O) groups is 2. The van der Waals surface area contributed by atoms with E-state index >= 15 is 0 Å². The molecule has 2 fully saturated rings. The number of carbonyl (C=O) groups excluding carboxylic acids is 2. The molecule has 1 aromatic carbocycles. The van der Waals surface area contributed by atoms with Crippen molar-refractivity contribution in [3.63, 3.8) is 0 Å². The number of phosphoric acid groups is 1. The monoisotopic (exact) mass is 478 g/mol. The molecule has 1 amide bonds. The highest BCUT2D eigenvalue weighted by Gasteiger charge is 2.57. The van der Waals surface area contributed by atoms with Crippen molar-refractivity contribution in [2.45, 2.75) is 30.6 Å². The summed E-state index contributed by atoms with van der Waals surface area (Å²) in [4.78, 5) is 48.2. The third-order valence-corrected chi connectivity index (χ3v) is 6.40. The van der Waals surface area contributed by atoms with Gasteiger partial charge in [0.25, 0.3) is 5.91 Å². The number of guanidine groups is 1. The molecule has 15 heteroatoms. The molecule has 0 bridgehead atoms. The number of amidine groups is 1. The van der Waals surface area contributed by atoms with Gasteiger partial charge in [0, 0.05) is 12.7 Å². The molecule has 174 valence electrons. The van der Waals surface area contributed by atoms with E-state index in [1.165, 1.54) is 11.2 Å². The molecule has 1 aromatic rings. The Morgan fingerprint density at radius 3 is 2.94 bits per heavy atom. The second-order valence-electron chi connectivity index (χ2n) is 7.42. The SMILES string of the molecule is CNc1ccccc1C(=O)OC1C2OP(=O)(O)OCC2OC1N1C=NC2C(=O)N=C(N)N=C21. The van der Waals surface area contributed by atoms with Gasteiger partial charge in [-0.2, -0.15) is 9.98 Å². The first-order chi connectivity index (χ1) is 15.8. The van der Waals surface area contributed by atoms with Crippen LogP contribution >= 0.6 is 7.82 Å². The smallest absolute Gasteiger partial charge is 0.451 e. The van der Waals surface area contributed by atoms with Crippen molar-refractivity contribution in [1.82, 2.24) is 4.90 Å². The number of rotatable bonds is 4. The number of hydrogen-bond acceptors (Lipinski definition) is 12. The molecular weight excluding hydrogens is 459 g/mol. The summed E-state index contributed by atoms with van der Waals surface area (Å²) in [7, 11) is -2.74. The minimum absolute atomic E-state index is 0.126. The van der Waals surface area contributed by atoms with Gasteiger partial charge in [0.2, 0.25) is 5.96 Å². The van der Waals surface area contributed by atoms with E-state index < -0.39 is 50.3 Å².